The molecule has 88 valence electrons. The van der Waals surface area contributed by atoms with Crippen molar-refractivity contribution in [2.24, 2.45) is 0 Å². The Kier molecular flexibility index (Phi) is 3.41. The SMILES string of the molecule is COc1ccc(C(=O)c2cc(Cl)c(Cl)[nH]2)cc1. The number of benzene rings is 1. The van der Waals surface area contributed by atoms with Gasteiger partial charge in [-0.1, -0.05) is 23.2 Å². The maximum absolute atomic E-state index is 12.0. The molecule has 0 aliphatic carbocycles. The highest BCUT2D eigenvalue weighted by Gasteiger charge is 2.13. The predicted octanol–water partition coefficient (Wildman–Crippen LogP) is 3.56. The minimum Gasteiger partial charge on any atom is -0.497 e. The van der Waals surface area contributed by atoms with Crippen LogP contribution in [0.2, 0.25) is 10.2 Å². The molecule has 1 aromatic carbocycles. The first-order valence-electron chi connectivity index (χ1n) is 4.84. The third-order valence-electron chi connectivity index (χ3n) is 2.32. The van der Waals surface area contributed by atoms with Crippen molar-refractivity contribution in [3.05, 3.63) is 51.8 Å². The Bertz CT molecular complexity index is 527. The van der Waals surface area contributed by atoms with E-state index in [1.54, 1.807) is 31.4 Å². The molecule has 0 amide bonds. The number of nitrogens with one attached hydrogen (secondary N) is 1. The van der Waals surface area contributed by atoms with E-state index in [1.165, 1.54) is 6.07 Å². The number of rotatable bonds is 3. The van der Waals surface area contributed by atoms with E-state index in [1.807, 2.05) is 0 Å². The Morgan fingerprint density at radius 1 is 1.24 bits per heavy atom. The van der Waals surface area contributed by atoms with E-state index in [-0.39, 0.29) is 10.9 Å². The molecule has 2 rings (SSSR count). The molecule has 3 nitrogen and oxygen atoms in total. The Morgan fingerprint density at radius 2 is 1.88 bits per heavy atom. The molecule has 1 N–H and O–H groups in total. The van der Waals surface area contributed by atoms with Gasteiger partial charge in [0.2, 0.25) is 5.78 Å². The van der Waals surface area contributed by atoms with Crippen LogP contribution in [-0.4, -0.2) is 17.9 Å². The molecule has 0 fully saturated rings. The summed E-state index contributed by atoms with van der Waals surface area (Å²) in [6, 6.07) is 8.32. The van der Waals surface area contributed by atoms with Crippen molar-refractivity contribution in [2.75, 3.05) is 7.11 Å². The van der Waals surface area contributed by atoms with E-state index in [0.29, 0.717) is 22.0 Å². The van der Waals surface area contributed by atoms with Gasteiger partial charge in [0.05, 0.1) is 17.8 Å². The summed E-state index contributed by atoms with van der Waals surface area (Å²) >= 11 is 11.5. The van der Waals surface area contributed by atoms with Gasteiger partial charge in [-0.25, -0.2) is 0 Å². The second kappa shape index (κ2) is 4.82. The number of ketones is 1. The van der Waals surface area contributed by atoms with E-state index in [9.17, 15) is 4.79 Å². The average molecular weight is 270 g/mol. The molecule has 0 radical (unpaired) electrons. The first kappa shape index (κ1) is 12.0. The van der Waals surface area contributed by atoms with Crippen molar-refractivity contribution < 1.29 is 9.53 Å². The van der Waals surface area contributed by atoms with Gasteiger partial charge in [-0.15, -0.1) is 0 Å². The molecule has 0 spiro atoms. The van der Waals surface area contributed by atoms with Crippen molar-refractivity contribution in [2.45, 2.75) is 0 Å². The van der Waals surface area contributed by atoms with Gasteiger partial charge in [0, 0.05) is 5.56 Å². The monoisotopic (exact) mass is 269 g/mol. The largest absolute Gasteiger partial charge is 0.497 e. The molecule has 0 atom stereocenters. The van der Waals surface area contributed by atoms with Gasteiger partial charge in [-0.3, -0.25) is 4.79 Å². The van der Waals surface area contributed by atoms with Crippen LogP contribution < -0.4 is 4.74 Å². The molecule has 0 aliphatic rings. The number of hydrogen-bond acceptors (Lipinski definition) is 2. The number of halogens is 2. The third-order valence-corrected chi connectivity index (χ3v) is 3.01. The van der Waals surface area contributed by atoms with E-state index in [2.05, 4.69) is 4.98 Å². The first-order chi connectivity index (χ1) is 8.11. The van der Waals surface area contributed by atoms with Crippen molar-refractivity contribution in [1.82, 2.24) is 4.98 Å². The van der Waals surface area contributed by atoms with Crippen LogP contribution >= 0.6 is 23.2 Å². The number of hydrogen-bond donors (Lipinski definition) is 1. The summed E-state index contributed by atoms with van der Waals surface area (Å²) < 4.78 is 5.02. The average Bonchev–Trinajstić information content (AvgIpc) is 2.69. The van der Waals surface area contributed by atoms with Crippen molar-refractivity contribution in [1.29, 1.82) is 0 Å². The van der Waals surface area contributed by atoms with Gasteiger partial charge in [0.1, 0.15) is 10.9 Å². The second-order valence-electron chi connectivity index (χ2n) is 3.40. The Balaban J connectivity index is 2.30. The summed E-state index contributed by atoms with van der Waals surface area (Å²) in [5.74, 6) is 0.533. The molecule has 1 aromatic heterocycles. The van der Waals surface area contributed by atoms with Gasteiger partial charge < -0.3 is 9.72 Å². The van der Waals surface area contributed by atoms with Crippen LogP contribution in [0.3, 0.4) is 0 Å². The molecule has 5 heteroatoms. The standard InChI is InChI=1S/C12H9Cl2NO2/c1-17-8-4-2-7(3-5-8)11(16)10-6-9(13)12(14)15-10/h2-6,15H,1H3. The number of carbonyl (C=O) groups excluding carboxylic acids is 1. The maximum atomic E-state index is 12.0. The lowest BCUT2D eigenvalue weighted by atomic mass is 10.1. The van der Waals surface area contributed by atoms with Gasteiger partial charge in [0.15, 0.2) is 0 Å². The van der Waals surface area contributed by atoms with Crippen LogP contribution in [0, 0.1) is 0 Å². The van der Waals surface area contributed by atoms with Crippen LogP contribution in [0.25, 0.3) is 0 Å². The molecule has 2 aromatic rings. The number of carbonyl (C=O) groups is 1. The van der Waals surface area contributed by atoms with Crippen LogP contribution in [0.1, 0.15) is 16.1 Å². The number of aromatic amines is 1. The second-order valence-corrected chi connectivity index (χ2v) is 4.19. The topological polar surface area (TPSA) is 42.1 Å². The summed E-state index contributed by atoms with van der Waals surface area (Å²) in [7, 11) is 1.57. The van der Waals surface area contributed by atoms with Crippen molar-refractivity contribution in [3.8, 4) is 5.75 Å². The minimum atomic E-state index is -0.165. The molecule has 0 aliphatic heterocycles. The van der Waals surface area contributed by atoms with Gasteiger partial charge >= 0.3 is 0 Å². The highest BCUT2D eigenvalue weighted by molar-refractivity contribution is 6.41. The van der Waals surface area contributed by atoms with E-state index < -0.39 is 0 Å². The molecule has 0 saturated heterocycles. The lowest BCUT2D eigenvalue weighted by Gasteiger charge is -2.01. The fourth-order valence-corrected chi connectivity index (χ4v) is 1.74. The summed E-state index contributed by atoms with van der Waals surface area (Å²) in [4.78, 5) is 14.7. The molecule has 0 bridgehead atoms. The van der Waals surface area contributed by atoms with Crippen molar-refractivity contribution in [3.63, 3.8) is 0 Å². The Morgan fingerprint density at radius 3 is 2.35 bits per heavy atom. The Hall–Kier alpha value is -1.45. The zero-order valence-corrected chi connectivity index (χ0v) is 10.5. The molecule has 17 heavy (non-hydrogen) atoms. The number of aromatic nitrogens is 1. The van der Waals surface area contributed by atoms with Gasteiger partial charge in [-0.05, 0) is 30.3 Å². The third kappa shape index (κ3) is 2.46. The van der Waals surface area contributed by atoms with E-state index in [4.69, 9.17) is 27.9 Å². The molecular weight excluding hydrogens is 261 g/mol. The summed E-state index contributed by atoms with van der Waals surface area (Å²) in [5.41, 5.74) is 0.908. The molecule has 1 heterocycles. The summed E-state index contributed by atoms with van der Waals surface area (Å²) in [6.07, 6.45) is 0. The molecular formula is C12H9Cl2NO2. The van der Waals surface area contributed by atoms with Gasteiger partial charge in [-0.2, -0.15) is 0 Å². The van der Waals surface area contributed by atoms with E-state index in [0.717, 1.165) is 0 Å². The van der Waals surface area contributed by atoms with Crippen LogP contribution in [0.4, 0.5) is 0 Å². The highest BCUT2D eigenvalue weighted by Crippen LogP contribution is 2.23. The molecule has 0 unspecified atom stereocenters. The zero-order chi connectivity index (χ0) is 12.4. The highest BCUT2D eigenvalue weighted by atomic mass is 35.5. The van der Waals surface area contributed by atoms with Crippen LogP contribution in [-0.2, 0) is 0 Å². The van der Waals surface area contributed by atoms with Crippen LogP contribution in [0.5, 0.6) is 5.75 Å². The predicted molar refractivity (Wildman–Crippen MR) is 67.2 cm³/mol. The first-order valence-corrected chi connectivity index (χ1v) is 5.60. The lowest BCUT2D eigenvalue weighted by Crippen LogP contribution is -2.01. The zero-order valence-electron chi connectivity index (χ0n) is 8.96. The lowest BCUT2D eigenvalue weighted by molar-refractivity contribution is 0.103. The van der Waals surface area contributed by atoms with Crippen molar-refractivity contribution >= 4 is 29.0 Å². The fraction of sp³-hybridized carbons (Fsp3) is 0.0833. The maximum Gasteiger partial charge on any atom is 0.209 e. The minimum absolute atomic E-state index is 0.165. The number of methoxy groups -OCH3 is 1. The van der Waals surface area contributed by atoms with Crippen LogP contribution in [0.15, 0.2) is 30.3 Å². The number of ether oxygens (including phenoxy) is 1. The fourth-order valence-electron chi connectivity index (χ4n) is 1.42. The Labute approximate surface area is 108 Å². The summed E-state index contributed by atoms with van der Waals surface area (Å²) in [6.45, 7) is 0. The number of H-pyrrole nitrogens is 1. The van der Waals surface area contributed by atoms with Gasteiger partial charge in [0.25, 0.3) is 0 Å². The van der Waals surface area contributed by atoms with E-state index >= 15 is 0 Å². The summed E-state index contributed by atoms with van der Waals surface area (Å²) in [5, 5.41) is 0.604. The molecule has 0 saturated carbocycles. The smallest absolute Gasteiger partial charge is 0.209 e. The quantitative estimate of drug-likeness (QED) is 0.866. The normalized spacial score (nSPS) is 10.3.